The van der Waals surface area contributed by atoms with Crippen molar-refractivity contribution in [3.8, 4) is 6.07 Å². The molecule has 3 aliphatic rings. The number of nitrogens with zero attached hydrogens (tertiary/aromatic N) is 2. The number of halogens is 3. The molecule has 12 heteroatoms. The van der Waals surface area contributed by atoms with E-state index in [4.69, 9.17) is 0 Å². The molecular formula is C24H34F3N5O4. The minimum Gasteiger partial charge on any atom is -0.356 e. The minimum absolute atomic E-state index is 0.0409. The zero-order valence-electron chi connectivity index (χ0n) is 21.2. The molecule has 6 unspecified atom stereocenters. The van der Waals surface area contributed by atoms with Crippen LogP contribution in [0, 0.1) is 39.9 Å². The molecule has 0 aromatic rings. The molecule has 3 fully saturated rings. The average Bonchev–Trinajstić information content (AvgIpc) is 3.09. The Labute approximate surface area is 208 Å². The number of nitriles is 1. The van der Waals surface area contributed by atoms with Crippen molar-refractivity contribution in [3.05, 3.63) is 0 Å². The second-order valence-corrected chi connectivity index (χ2v) is 11.7. The Morgan fingerprint density at radius 2 is 1.86 bits per heavy atom. The molecule has 36 heavy (non-hydrogen) atoms. The fourth-order valence-corrected chi connectivity index (χ4v) is 5.59. The van der Waals surface area contributed by atoms with Gasteiger partial charge in [-0.15, -0.1) is 0 Å². The molecule has 0 spiro atoms. The lowest BCUT2D eigenvalue weighted by molar-refractivity contribution is -0.176. The van der Waals surface area contributed by atoms with Crippen LogP contribution in [0.4, 0.5) is 13.2 Å². The Morgan fingerprint density at radius 1 is 1.22 bits per heavy atom. The van der Waals surface area contributed by atoms with Crippen molar-refractivity contribution in [3.63, 3.8) is 0 Å². The summed E-state index contributed by atoms with van der Waals surface area (Å²) in [5.41, 5.74) is -1.33. The number of hydrogen-bond acceptors (Lipinski definition) is 5. The number of amides is 4. The lowest BCUT2D eigenvalue weighted by Gasteiger charge is -2.38. The van der Waals surface area contributed by atoms with Crippen LogP contribution in [-0.2, 0) is 19.2 Å². The van der Waals surface area contributed by atoms with Crippen molar-refractivity contribution in [1.82, 2.24) is 20.9 Å². The number of likely N-dealkylation sites (tertiary alicyclic amines) is 1. The molecule has 200 valence electrons. The first kappa shape index (κ1) is 27.7. The number of fused-ring (bicyclic) bond motifs is 1. The quantitative estimate of drug-likeness (QED) is 0.495. The van der Waals surface area contributed by atoms with Crippen LogP contribution in [0.1, 0.15) is 53.9 Å². The Bertz CT molecular complexity index is 968. The first-order valence-corrected chi connectivity index (χ1v) is 12.2. The number of nitrogens with one attached hydrogen (secondary N) is 3. The lowest BCUT2D eigenvalue weighted by atomic mass is 9.85. The van der Waals surface area contributed by atoms with Gasteiger partial charge in [0.15, 0.2) is 0 Å². The van der Waals surface area contributed by atoms with Crippen LogP contribution in [0.2, 0.25) is 0 Å². The maximum absolute atomic E-state index is 13.5. The van der Waals surface area contributed by atoms with E-state index in [0.29, 0.717) is 13.0 Å². The lowest BCUT2D eigenvalue weighted by Crippen LogP contribution is -2.61. The third-order valence-corrected chi connectivity index (χ3v) is 7.80. The first-order chi connectivity index (χ1) is 16.5. The highest BCUT2D eigenvalue weighted by atomic mass is 19.4. The third kappa shape index (κ3) is 5.44. The fourth-order valence-electron chi connectivity index (χ4n) is 5.59. The summed E-state index contributed by atoms with van der Waals surface area (Å²) in [6.45, 7) is 9.22. The van der Waals surface area contributed by atoms with Gasteiger partial charge in [0, 0.05) is 19.0 Å². The summed E-state index contributed by atoms with van der Waals surface area (Å²) in [4.78, 5) is 51.9. The van der Waals surface area contributed by atoms with Gasteiger partial charge in [0.2, 0.25) is 17.7 Å². The summed E-state index contributed by atoms with van der Waals surface area (Å²) < 4.78 is 38.9. The molecule has 0 aromatic carbocycles. The summed E-state index contributed by atoms with van der Waals surface area (Å²) in [5.74, 6) is -4.46. The summed E-state index contributed by atoms with van der Waals surface area (Å²) in [6, 6.07) is -1.47. The third-order valence-electron chi connectivity index (χ3n) is 7.80. The molecule has 0 aromatic heterocycles. The van der Waals surface area contributed by atoms with Gasteiger partial charge < -0.3 is 20.9 Å². The van der Waals surface area contributed by atoms with Crippen molar-refractivity contribution in [2.45, 2.75) is 78.2 Å². The molecule has 3 rings (SSSR count). The number of hydrogen-bond donors (Lipinski definition) is 3. The number of carbonyl (C=O) groups excluding carboxylic acids is 4. The molecule has 1 saturated carbocycles. The normalized spacial score (nSPS) is 28.8. The van der Waals surface area contributed by atoms with Gasteiger partial charge in [-0.1, -0.05) is 34.6 Å². The summed E-state index contributed by atoms with van der Waals surface area (Å²) in [7, 11) is 0. The SMILES string of the molecule is CC(C)(C)C(NC(=O)C(F)(F)F)C(=O)N1CC2C(C1C(=O)NC(C#N)CC1CCCNC1=O)C2(C)C. The van der Waals surface area contributed by atoms with Crippen LogP contribution >= 0.6 is 0 Å². The number of rotatable bonds is 6. The summed E-state index contributed by atoms with van der Waals surface area (Å²) in [6.07, 6.45) is -3.68. The van der Waals surface area contributed by atoms with Crippen LogP contribution in [0.15, 0.2) is 0 Å². The maximum atomic E-state index is 13.5. The second-order valence-electron chi connectivity index (χ2n) is 11.7. The van der Waals surface area contributed by atoms with E-state index >= 15 is 0 Å². The van der Waals surface area contributed by atoms with Crippen molar-refractivity contribution in [1.29, 1.82) is 5.26 Å². The molecule has 4 amide bonds. The predicted molar refractivity (Wildman–Crippen MR) is 122 cm³/mol. The Kier molecular flexibility index (Phi) is 7.37. The van der Waals surface area contributed by atoms with E-state index < -0.39 is 53.4 Å². The average molecular weight is 514 g/mol. The van der Waals surface area contributed by atoms with Crippen molar-refractivity contribution >= 4 is 23.6 Å². The smallest absolute Gasteiger partial charge is 0.356 e. The number of carbonyl (C=O) groups is 4. The second kappa shape index (κ2) is 9.56. The first-order valence-electron chi connectivity index (χ1n) is 12.2. The van der Waals surface area contributed by atoms with Crippen LogP contribution in [-0.4, -0.2) is 65.9 Å². The molecule has 9 nitrogen and oxygen atoms in total. The van der Waals surface area contributed by atoms with Gasteiger partial charge in [-0.25, -0.2) is 0 Å². The molecule has 1 aliphatic carbocycles. The zero-order valence-corrected chi connectivity index (χ0v) is 21.2. The Balaban J connectivity index is 1.80. The predicted octanol–water partition coefficient (Wildman–Crippen LogP) is 1.49. The number of alkyl halides is 3. The zero-order chi connectivity index (χ0) is 27.2. The Hall–Kier alpha value is -2.84. The standard InChI is InChI=1S/C24H34F3N5O4/c1-22(2,3)17(31-21(36)24(25,26)27)20(35)32-11-14-15(23(14,4)5)16(32)19(34)30-13(10-28)9-12-7-6-8-29-18(12)33/h12-17H,6-9,11H2,1-5H3,(H,29,33)(H,30,34)(H,31,36). The maximum Gasteiger partial charge on any atom is 0.471 e. The highest BCUT2D eigenvalue weighted by Gasteiger charge is 2.70. The van der Waals surface area contributed by atoms with Gasteiger partial charge in [0.25, 0.3) is 0 Å². The van der Waals surface area contributed by atoms with E-state index in [2.05, 4.69) is 10.6 Å². The largest absolute Gasteiger partial charge is 0.471 e. The molecule has 2 heterocycles. The molecule has 2 saturated heterocycles. The van der Waals surface area contributed by atoms with E-state index in [1.54, 1.807) is 0 Å². The van der Waals surface area contributed by atoms with Crippen molar-refractivity contribution < 1.29 is 32.3 Å². The van der Waals surface area contributed by atoms with Crippen molar-refractivity contribution in [2.24, 2.45) is 28.6 Å². The molecular weight excluding hydrogens is 479 g/mol. The minimum atomic E-state index is -5.17. The molecule has 6 atom stereocenters. The summed E-state index contributed by atoms with van der Waals surface area (Å²) in [5, 5.41) is 16.8. The van der Waals surface area contributed by atoms with Crippen LogP contribution in [0.25, 0.3) is 0 Å². The fraction of sp³-hybridized carbons (Fsp3) is 0.792. The number of piperidine rings is 2. The van der Waals surface area contributed by atoms with Gasteiger partial charge in [0.1, 0.15) is 18.1 Å². The van der Waals surface area contributed by atoms with Crippen molar-refractivity contribution in [2.75, 3.05) is 13.1 Å². The molecule has 0 radical (unpaired) electrons. The monoisotopic (exact) mass is 513 g/mol. The molecule has 2 aliphatic heterocycles. The van der Waals surface area contributed by atoms with E-state index in [0.717, 1.165) is 6.42 Å². The van der Waals surface area contributed by atoms with Gasteiger partial charge in [0.05, 0.1) is 6.07 Å². The highest BCUT2D eigenvalue weighted by Crippen LogP contribution is 2.65. The summed E-state index contributed by atoms with van der Waals surface area (Å²) >= 11 is 0. The van der Waals surface area contributed by atoms with Crippen LogP contribution in [0.3, 0.4) is 0 Å². The van der Waals surface area contributed by atoms with E-state index in [1.807, 2.05) is 25.2 Å². The van der Waals surface area contributed by atoms with E-state index in [-0.39, 0.29) is 36.1 Å². The van der Waals surface area contributed by atoms with Gasteiger partial charge in [-0.3, -0.25) is 19.2 Å². The molecule has 0 bridgehead atoms. The topological polar surface area (TPSA) is 131 Å². The highest BCUT2D eigenvalue weighted by molar-refractivity contribution is 5.95. The van der Waals surface area contributed by atoms with Gasteiger partial charge in [-0.2, -0.15) is 18.4 Å². The van der Waals surface area contributed by atoms with E-state index in [1.165, 1.54) is 25.7 Å². The molecule has 3 N–H and O–H groups in total. The Morgan fingerprint density at radius 3 is 2.39 bits per heavy atom. The van der Waals surface area contributed by atoms with Crippen LogP contribution < -0.4 is 16.0 Å². The van der Waals surface area contributed by atoms with Gasteiger partial charge >= 0.3 is 12.1 Å². The van der Waals surface area contributed by atoms with E-state index in [9.17, 15) is 37.6 Å². The van der Waals surface area contributed by atoms with Gasteiger partial charge in [-0.05, 0) is 41.9 Å². The van der Waals surface area contributed by atoms with Crippen LogP contribution in [0.5, 0.6) is 0 Å².